The van der Waals surface area contributed by atoms with Crippen LogP contribution >= 0.6 is 0 Å². The average Bonchev–Trinajstić information content (AvgIpc) is 3.80. The predicted molar refractivity (Wildman–Crippen MR) is 243 cm³/mol. The topological polar surface area (TPSA) is 62.5 Å². The summed E-state index contributed by atoms with van der Waals surface area (Å²) in [5.74, 6) is 1.75. The first-order valence-electron chi connectivity index (χ1n) is 20.0. The third-order valence-electron chi connectivity index (χ3n) is 12.0. The van der Waals surface area contributed by atoms with Crippen LogP contribution in [0.1, 0.15) is 30.5 Å². The van der Waals surface area contributed by atoms with Gasteiger partial charge < -0.3 is 18.6 Å². The van der Waals surface area contributed by atoms with Crippen molar-refractivity contribution in [1.82, 2.24) is 9.13 Å². The number of nitrogens with zero attached hydrogens (tertiary/aromatic N) is 2. The van der Waals surface area contributed by atoms with E-state index < -0.39 is 15.3 Å². The molecule has 2 heterocycles. The lowest BCUT2D eigenvalue weighted by molar-refractivity contribution is 0.414. The molecule has 0 radical (unpaired) electrons. The lowest BCUT2D eigenvalue weighted by Gasteiger charge is -2.29. The summed E-state index contributed by atoms with van der Waals surface area (Å²) in [6.07, 6.45) is 0. The minimum absolute atomic E-state index is 0.179. The third-order valence-corrected chi connectivity index (χ3v) is 13.8. The first kappa shape index (κ1) is 37.2. The fraction of sp³-hybridized carbons (Fsp3) is 0.0943. The van der Waals surface area contributed by atoms with Gasteiger partial charge in [-0.2, -0.15) is 0 Å². The molecule has 8 aromatic carbocycles. The van der Waals surface area contributed by atoms with Gasteiger partial charge in [0.1, 0.15) is 11.5 Å². The van der Waals surface area contributed by atoms with Crippen LogP contribution < -0.4 is 9.47 Å². The van der Waals surface area contributed by atoms with E-state index in [1.54, 1.807) is 55.6 Å². The van der Waals surface area contributed by atoms with Crippen LogP contribution in [0, 0.1) is 6.92 Å². The molecule has 0 fully saturated rings. The Kier molecular flexibility index (Phi) is 8.88. The van der Waals surface area contributed by atoms with Crippen LogP contribution in [0.4, 0.5) is 0 Å². The molecule has 10 aromatic rings. The molecule has 294 valence electrons. The molecule has 0 aliphatic carbocycles. The van der Waals surface area contributed by atoms with Crippen LogP contribution in [0.2, 0.25) is 0 Å². The number of sulfone groups is 1. The minimum Gasteiger partial charge on any atom is -0.497 e. The van der Waals surface area contributed by atoms with Crippen molar-refractivity contribution < 1.29 is 17.9 Å². The monoisotopic (exact) mass is 802 g/mol. The van der Waals surface area contributed by atoms with Crippen LogP contribution in [-0.4, -0.2) is 24.7 Å². The van der Waals surface area contributed by atoms with Crippen molar-refractivity contribution in [3.63, 3.8) is 0 Å². The standard InChI is InChI=1S/C53H42N2O4S/c1-35-21-22-36(33-50(35)54-46-17-9-5-13-42(46)43-14-6-10-18-47(43)54)53(2,3)37-23-32-52(51(34-37)55-48-19-11-7-15-44(48)45-16-8-12-20-49(45)55)59-39-26-30-41(31-27-39)60(56,57)40-28-24-38(58-4)25-29-40/h5-34H,1-4H3. The summed E-state index contributed by atoms with van der Waals surface area (Å²) in [6.45, 7) is 6.74. The molecule has 7 heteroatoms. The molecule has 10 rings (SSSR count). The first-order chi connectivity index (χ1) is 29.1. The van der Waals surface area contributed by atoms with Crippen molar-refractivity contribution in [3.8, 4) is 28.6 Å². The summed E-state index contributed by atoms with van der Waals surface area (Å²) < 4.78 is 43.7. The normalized spacial score (nSPS) is 12.1. The van der Waals surface area contributed by atoms with Crippen LogP contribution in [-0.2, 0) is 15.3 Å². The zero-order chi connectivity index (χ0) is 41.2. The molecule has 0 N–H and O–H groups in total. The summed E-state index contributed by atoms with van der Waals surface area (Å²) in [7, 11) is -2.20. The van der Waals surface area contributed by atoms with Gasteiger partial charge in [-0.3, -0.25) is 0 Å². The molecule has 0 unspecified atom stereocenters. The van der Waals surface area contributed by atoms with Crippen LogP contribution in [0.15, 0.2) is 192 Å². The summed E-state index contributed by atoms with van der Waals surface area (Å²) in [5, 5.41) is 4.76. The molecule has 0 saturated heterocycles. The van der Waals surface area contributed by atoms with Crippen molar-refractivity contribution in [2.45, 2.75) is 36.0 Å². The molecule has 0 spiro atoms. The summed E-state index contributed by atoms with van der Waals surface area (Å²) in [5.41, 5.74) is 9.57. The number of fused-ring (bicyclic) bond motifs is 6. The summed E-state index contributed by atoms with van der Waals surface area (Å²) >= 11 is 0. The highest BCUT2D eigenvalue weighted by atomic mass is 32.2. The maximum absolute atomic E-state index is 13.5. The van der Waals surface area contributed by atoms with Crippen molar-refractivity contribution >= 4 is 53.4 Å². The Morgan fingerprint density at radius 1 is 0.467 bits per heavy atom. The number of hydrogen-bond donors (Lipinski definition) is 0. The smallest absolute Gasteiger partial charge is 0.206 e. The lowest BCUT2D eigenvalue weighted by Crippen LogP contribution is -2.20. The number of methoxy groups -OCH3 is 1. The highest BCUT2D eigenvalue weighted by Gasteiger charge is 2.28. The van der Waals surface area contributed by atoms with Gasteiger partial charge in [0.25, 0.3) is 0 Å². The number of aromatic nitrogens is 2. The quantitative estimate of drug-likeness (QED) is 0.146. The van der Waals surface area contributed by atoms with E-state index >= 15 is 0 Å². The highest BCUT2D eigenvalue weighted by molar-refractivity contribution is 7.91. The fourth-order valence-corrected chi connectivity index (χ4v) is 9.90. The van der Waals surface area contributed by atoms with E-state index in [2.05, 4.69) is 157 Å². The fourth-order valence-electron chi connectivity index (χ4n) is 8.64. The van der Waals surface area contributed by atoms with Gasteiger partial charge in [0.05, 0.1) is 44.7 Å². The second-order valence-corrected chi connectivity index (χ2v) is 17.8. The second-order valence-electron chi connectivity index (χ2n) is 15.8. The van der Waals surface area contributed by atoms with Crippen molar-refractivity contribution in [1.29, 1.82) is 0 Å². The Labute approximate surface area is 349 Å². The van der Waals surface area contributed by atoms with Gasteiger partial charge in [-0.25, -0.2) is 8.42 Å². The van der Waals surface area contributed by atoms with Gasteiger partial charge in [0.2, 0.25) is 9.84 Å². The number of ether oxygens (including phenoxy) is 2. The molecule has 0 atom stereocenters. The zero-order valence-corrected chi connectivity index (χ0v) is 34.6. The molecular formula is C53H42N2O4S. The van der Waals surface area contributed by atoms with Crippen LogP contribution in [0.3, 0.4) is 0 Å². The number of rotatable bonds is 9. The van der Waals surface area contributed by atoms with Gasteiger partial charge in [-0.1, -0.05) is 105 Å². The van der Waals surface area contributed by atoms with Gasteiger partial charge in [0.15, 0.2) is 5.75 Å². The Hall–Kier alpha value is -7.09. The first-order valence-corrected chi connectivity index (χ1v) is 21.5. The molecule has 6 nitrogen and oxygen atoms in total. The highest BCUT2D eigenvalue weighted by Crippen LogP contribution is 2.42. The SMILES string of the molecule is COc1ccc(S(=O)(=O)c2ccc(Oc3ccc(C(C)(C)c4ccc(C)c(-n5c6ccccc6c6ccccc65)c4)cc3-n3c4ccccc4c4ccccc43)cc2)cc1. The Morgan fingerprint density at radius 3 is 1.33 bits per heavy atom. The average molecular weight is 803 g/mol. The van der Waals surface area contributed by atoms with Crippen molar-refractivity contribution in [3.05, 3.63) is 199 Å². The maximum atomic E-state index is 13.5. The molecule has 0 bridgehead atoms. The number of hydrogen-bond acceptors (Lipinski definition) is 4. The van der Waals surface area contributed by atoms with Crippen molar-refractivity contribution in [2.75, 3.05) is 7.11 Å². The zero-order valence-electron chi connectivity index (χ0n) is 33.8. The van der Waals surface area contributed by atoms with Crippen molar-refractivity contribution in [2.24, 2.45) is 0 Å². The number of aryl methyl sites for hydroxylation is 1. The Balaban J connectivity index is 1.10. The van der Waals surface area contributed by atoms with E-state index in [0.717, 1.165) is 38.7 Å². The molecule has 0 amide bonds. The molecule has 0 saturated carbocycles. The number of benzene rings is 8. The molecule has 0 aliphatic heterocycles. The van der Waals surface area contributed by atoms with Gasteiger partial charge in [-0.15, -0.1) is 0 Å². The Morgan fingerprint density at radius 2 is 0.867 bits per heavy atom. The van der Waals surface area contributed by atoms with E-state index in [0.29, 0.717) is 17.2 Å². The second kappa shape index (κ2) is 14.3. The molecular weight excluding hydrogens is 761 g/mol. The van der Waals surface area contributed by atoms with E-state index in [9.17, 15) is 8.42 Å². The van der Waals surface area contributed by atoms with Gasteiger partial charge in [-0.05, 0) is 115 Å². The van der Waals surface area contributed by atoms with Crippen LogP contribution in [0.25, 0.3) is 55.0 Å². The van der Waals surface area contributed by atoms with E-state index in [1.807, 2.05) is 6.07 Å². The van der Waals surface area contributed by atoms with E-state index in [4.69, 9.17) is 9.47 Å². The number of para-hydroxylation sites is 4. The lowest BCUT2D eigenvalue weighted by atomic mass is 9.77. The minimum atomic E-state index is -3.75. The molecule has 2 aromatic heterocycles. The van der Waals surface area contributed by atoms with Gasteiger partial charge >= 0.3 is 0 Å². The van der Waals surface area contributed by atoms with Crippen LogP contribution in [0.5, 0.6) is 17.2 Å². The largest absolute Gasteiger partial charge is 0.497 e. The Bertz CT molecular complexity index is 3270. The third kappa shape index (κ3) is 6.04. The maximum Gasteiger partial charge on any atom is 0.206 e. The van der Waals surface area contributed by atoms with Gasteiger partial charge in [0, 0.05) is 32.6 Å². The van der Waals surface area contributed by atoms with E-state index in [1.165, 1.54) is 32.9 Å². The predicted octanol–water partition coefficient (Wildman–Crippen LogP) is 13.1. The van der Waals surface area contributed by atoms with E-state index in [-0.39, 0.29) is 9.79 Å². The summed E-state index contributed by atoms with van der Waals surface area (Å²) in [4.78, 5) is 0.373. The summed E-state index contributed by atoms with van der Waals surface area (Å²) in [6, 6.07) is 60.4. The molecule has 0 aliphatic rings. The molecule has 60 heavy (non-hydrogen) atoms.